The van der Waals surface area contributed by atoms with Gasteiger partial charge in [0.05, 0.1) is 24.2 Å². The van der Waals surface area contributed by atoms with E-state index in [2.05, 4.69) is 27.6 Å². The molecule has 0 saturated carbocycles. The number of hydrogen-bond donors (Lipinski definition) is 0. The summed E-state index contributed by atoms with van der Waals surface area (Å²) in [5.74, 6) is 1.33. The Morgan fingerprint density at radius 1 is 1.13 bits per heavy atom. The molecule has 0 aliphatic rings. The summed E-state index contributed by atoms with van der Waals surface area (Å²) in [5, 5.41) is 5.05. The van der Waals surface area contributed by atoms with Crippen LogP contribution in [0.25, 0.3) is 10.9 Å². The molecule has 38 heavy (non-hydrogen) atoms. The minimum Gasteiger partial charge on any atom is -0.493 e. The molecule has 4 aromatic rings. The van der Waals surface area contributed by atoms with Crippen molar-refractivity contribution in [2.75, 3.05) is 7.11 Å². The van der Waals surface area contributed by atoms with Crippen LogP contribution in [0.4, 0.5) is 4.39 Å². The topological polar surface area (TPSA) is 65.7 Å². The third kappa shape index (κ3) is 6.02. The molecule has 0 atom stereocenters. The molecular formula is C30H29BrFN3O3. The summed E-state index contributed by atoms with van der Waals surface area (Å²) < 4.78 is 27.1. The van der Waals surface area contributed by atoms with Gasteiger partial charge < -0.3 is 9.47 Å². The maximum atomic E-state index is 13.5. The second kappa shape index (κ2) is 11.3. The van der Waals surface area contributed by atoms with Crippen LogP contribution in [0.1, 0.15) is 43.3 Å². The van der Waals surface area contributed by atoms with Gasteiger partial charge >= 0.3 is 0 Å². The smallest absolute Gasteiger partial charge is 0.282 e. The molecule has 0 saturated heterocycles. The van der Waals surface area contributed by atoms with E-state index in [-0.39, 0.29) is 18.0 Å². The number of aromatic nitrogens is 2. The molecule has 1 aromatic heterocycles. The zero-order chi connectivity index (χ0) is 27.4. The maximum absolute atomic E-state index is 13.5. The van der Waals surface area contributed by atoms with Crippen molar-refractivity contribution in [2.45, 2.75) is 39.2 Å². The molecule has 3 aromatic carbocycles. The van der Waals surface area contributed by atoms with Crippen molar-refractivity contribution in [1.82, 2.24) is 9.66 Å². The fourth-order valence-corrected chi connectivity index (χ4v) is 4.34. The Hall–Kier alpha value is -3.78. The zero-order valence-electron chi connectivity index (χ0n) is 21.8. The number of methoxy groups -OCH3 is 1. The molecule has 0 amide bonds. The summed E-state index contributed by atoms with van der Waals surface area (Å²) in [6.45, 7) is 10.1. The second-order valence-corrected chi connectivity index (χ2v) is 10.7. The molecule has 0 bridgehead atoms. The third-order valence-corrected chi connectivity index (χ3v) is 6.33. The number of nitrogens with zero attached hydrogens (tertiary/aromatic N) is 3. The van der Waals surface area contributed by atoms with Gasteiger partial charge in [-0.05, 0) is 60.0 Å². The third-order valence-electron chi connectivity index (χ3n) is 5.84. The lowest BCUT2D eigenvalue weighted by molar-refractivity contribution is 0.282. The highest BCUT2D eigenvalue weighted by atomic mass is 79.9. The van der Waals surface area contributed by atoms with Crippen LogP contribution in [0.15, 0.2) is 81.6 Å². The standard InChI is InChI=1S/C30H29BrFN3O3/c1-6-7-21-14-20(15-26(37-5)27(21)38-18-19-8-11-23(32)12-9-19)17-33-35-28(36)24-16-22(31)10-13-25(24)34-29(35)30(2,3)4/h6,8-17H,1,7,18H2,2-5H3. The molecule has 0 radical (unpaired) electrons. The predicted octanol–water partition coefficient (Wildman–Crippen LogP) is 6.79. The minimum absolute atomic E-state index is 0.247. The summed E-state index contributed by atoms with van der Waals surface area (Å²) in [6.07, 6.45) is 3.91. The van der Waals surface area contributed by atoms with Gasteiger partial charge in [0.25, 0.3) is 5.56 Å². The molecule has 0 aliphatic carbocycles. The van der Waals surface area contributed by atoms with Crippen LogP contribution in [-0.2, 0) is 18.4 Å². The van der Waals surface area contributed by atoms with E-state index in [9.17, 15) is 9.18 Å². The number of rotatable bonds is 8. The summed E-state index contributed by atoms with van der Waals surface area (Å²) in [7, 11) is 1.56. The predicted molar refractivity (Wildman–Crippen MR) is 153 cm³/mol. The zero-order valence-corrected chi connectivity index (χ0v) is 23.4. The second-order valence-electron chi connectivity index (χ2n) is 9.83. The largest absolute Gasteiger partial charge is 0.493 e. The Bertz CT molecular complexity index is 1570. The first-order chi connectivity index (χ1) is 18.1. The van der Waals surface area contributed by atoms with Gasteiger partial charge in [-0.3, -0.25) is 4.79 Å². The van der Waals surface area contributed by atoms with E-state index in [0.29, 0.717) is 40.2 Å². The van der Waals surface area contributed by atoms with Gasteiger partial charge in [0.1, 0.15) is 18.2 Å². The average molecular weight is 578 g/mol. The van der Waals surface area contributed by atoms with Gasteiger partial charge in [-0.2, -0.15) is 9.78 Å². The molecule has 8 heteroatoms. The first-order valence-corrected chi connectivity index (χ1v) is 12.9. The van der Waals surface area contributed by atoms with E-state index in [1.54, 1.807) is 43.7 Å². The molecule has 196 valence electrons. The van der Waals surface area contributed by atoms with E-state index in [4.69, 9.17) is 14.5 Å². The average Bonchev–Trinajstić information content (AvgIpc) is 2.88. The van der Waals surface area contributed by atoms with Gasteiger partial charge in [0.15, 0.2) is 11.5 Å². The monoisotopic (exact) mass is 577 g/mol. The quantitative estimate of drug-likeness (QED) is 0.171. The normalized spacial score (nSPS) is 11.7. The van der Waals surface area contributed by atoms with Crippen molar-refractivity contribution >= 4 is 33.0 Å². The van der Waals surface area contributed by atoms with Crippen molar-refractivity contribution in [1.29, 1.82) is 0 Å². The van der Waals surface area contributed by atoms with Crippen LogP contribution in [0.3, 0.4) is 0 Å². The Morgan fingerprint density at radius 3 is 2.53 bits per heavy atom. The van der Waals surface area contributed by atoms with Crippen LogP contribution in [-0.4, -0.2) is 23.0 Å². The fraction of sp³-hybridized carbons (Fsp3) is 0.233. The number of hydrogen-bond acceptors (Lipinski definition) is 5. The number of halogens is 2. The minimum atomic E-state index is -0.429. The summed E-state index contributed by atoms with van der Waals surface area (Å²) in [6, 6.07) is 15.3. The first-order valence-electron chi connectivity index (χ1n) is 12.1. The fourth-order valence-electron chi connectivity index (χ4n) is 3.98. The Labute approximate surface area is 229 Å². The first kappa shape index (κ1) is 27.3. The van der Waals surface area contributed by atoms with Crippen molar-refractivity contribution in [3.05, 3.63) is 110 Å². The number of allylic oxidation sites excluding steroid dienone is 1. The molecule has 1 heterocycles. The van der Waals surface area contributed by atoms with Crippen molar-refractivity contribution in [3.63, 3.8) is 0 Å². The molecule has 6 nitrogen and oxygen atoms in total. The number of benzene rings is 3. The molecular weight excluding hydrogens is 549 g/mol. The molecule has 0 spiro atoms. The Morgan fingerprint density at radius 2 is 1.87 bits per heavy atom. The van der Waals surface area contributed by atoms with E-state index < -0.39 is 5.41 Å². The Balaban J connectivity index is 1.76. The molecule has 0 aliphatic heterocycles. The highest BCUT2D eigenvalue weighted by molar-refractivity contribution is 9.10. The van der Waals surface area contributed by atoms with Crippen molar-refractivity contribution in [3.8, 4) is 11.5 Å². The number of fused-ring (bicyclic) bond motifs is 1. The van der Waals surface area contributed by atoms with E-state index in [0.717, 1.165) is 15.6 Å². The van der Waals surface area contributed by atoms with E-state index >= 15 is 0 Å². The molecule has 0 N–H and O–H groups in total. The van der Waals surface area contributed by atoms with Crippen LogP contribution < -0.4 is 15.0 Å². The molecule has 0 fully saturated rings. The lowest BCUT2D eigenvalue weighted by atomic mass is 9.95. The van der Waals surface area contributed by atoms with Gasteiger partial charge in [-0.15, -0.1) is 6.58 Å². The van der Waals surface area contributed by atoms with E-state index in [1.165, 1.54) is 16.8 Å². The highest BCUT2D eigenvalue weighted by Crippen LogP contribution is 2.34. The lowest BCUT2D eigenvalue weighted by Crippen LogP contribution is -2.29. The van der Waals surface area contributed by atoms with Crippen LogP contribution in [0.2, 0.25) is 0 Å². The lowest BCUT2D eigenvalue weighted by Gasteiger charge is -2.21. The van der Waals surface area contributed by atoms with Gasteiger partial charge in [0.2, 0.25) is 0 Å². The van der Waals surface area contributed by atoms with Crippen molar-refractivity contribution < 1.29 is 13.9 Å². The summed E-state index contributed by atoms with van der Waals surface area (Å²) in [4.78, 5) is 18.2. The summed E-state index contributed by atoms with van der Waals surface area (Å²) >= 11 is 3.44. The molecule has 4 rings (SSSR count). The molecule has 0 unspecified atom stereocenters. The van der Waals surface area contributed by atoms with Crippen LogP contribution in [0.5, 0.6) is 11.5 Å². The van der Waals surface area contributed by atoms with Gasteiger partial charge in [-0.1, -0.05) is 54.9 Å². The van der Waals surface area contributed by atoms with Crippen LogP contribution in [0, 0.1) is 5.82 Å². The van der Waals surface area contributed by atoms with Gasteiger partial charge in [0, 0.05) is 15.5 Å². The number of ether oxygens (including phenoxy) is 2. The maximum Gasteiger partial charge on any atom is 0.282 e. The summed E-state index contributed by atoms with van der Waals surface area (Å²) in [5.41, 5.74) is 2.32. The van der Waals surface area contributed by atoms with Gasteiger partial charge in [-0.25, -0.2) is 9.37 Å². The van der Waals surface area contributed by atoms with Crippen LogP contribution >= 0.6 is 15.9 Å². The Kier molecular flexibility index (Phi) is 8.11. The SMILES string of the molecule is C=CCc1cc(C=Nn2c(C(C)(C)C)nc3ccc(Br)cc3c2=O)cc(OC)c1OCc1ccc(F)cc1. The van der Waals surface area contributed by atoms with Crippen molar-refractivity contribution in [2.24, 2.45) is 5.10 Å². The highest BCUT2D eigenvalue weighted by Gasteiger charge is 2.23. The van der Waals surface area contributed by atoms with E-state index in [1.807, 2.05) is 39.0 Å².